The van der Waals surface area contributed by atoms with Crippen LogP contribution >= 0.6 is 0 Å². The van der Waals surface area contributed by atoms with Crippen molar-refractivity contribution in [2.24, 2.45) is 0 Å². The maximum absolute atomic E-state index is 12.7. The van der Waals surface area contributed by atoms with Gasteiger partial charge in [-0.2, -0.15) is 5.48 Å². The van der Waals surface area contributed by atoms with E-state index in [9.17, 15) is 14.7 Å². The molecule has 0 bridgehead atoms. The minimum Gasteiger partial charge on any atom is -0.502 e. The summed E-state index contributed by atoms with van der Waals surface area (Å²) in [5.41, 5.74) is 0.568. The van der Waals surface area contributed by atoms with Crippen molar-refractivity contribution >= 4 is 27.6 Å². The Morgan fingerprint density at radius 2 is 2.09 bits per heavy atom. The fourth-order valence-corrected chi connectivity index (χ4v) is 3.21. The van der Waals surface area contributed by atoms with E-state index in [0.29, 0.717) is 17.4 Å². The molecular weight excluding hydrogens is 288 g/mol. The van der Waals surface area contributed by atoms with Crippen LogP contribution in [0.15, 0.2) is 32.2 Å². The van der Waals surface area contributed by atoms with Gasteiger partial charge in [0.25, 0.3) is 11.2 Å². The lowest BCUT2D eigenvalue weighted by Gasteiger charge is -2.20. The Hall–Kier alpha value is -2.64. The van der Waals surface area contributed by atoms with Crippen LogP contribution in [0.4, 0.5) is 5.69 Å². The Balaban J connectivity index is 2.36. The van der Waals surface area contributed by atoms with E-state index in [2.05, 4.69) is 0 Å². The van der Waals surface area contributed by atoms with Gasteiger partial charge in [-0.15, -0.1) is 0 Å². The van der Waals surface area contributed by atoms with Crippen molar-refractivity contribution in [2.75, 3.05) is 0 Å². The zero-order valence-corrected chi connectivity index (χ0v) is 11.5. The quantitative estimate of drug-likeness (QED) is 0.443. The van der Waals surface area contributed by atoms with Crippen molar-refractivity contribution in [1.29, 1.82) is 0 Å². The monoisotopic (exact) mass is 301 g/mol. The molecular formula is C15H13N2O5+. The van der Waals surface area contributed by atoms with Gasteiger partial charge in [0.2, 0.25) is 5.75 Å². The van der Waals surface area contributed by atoms with Crippen LogP contribution in [0.2, 0.25) is 0 Å². The smallest absolute Gasteiger partial charge is 0.405 e. The Labute approximate surface area is 123 Å². The van der Waals surface area contributed by atoms with Crippen LogP contribution in [0.25, 0.3) is 21.9 Å². The number of rotatable bonds is 1. The van der Waals surface area contributed by atoms with Crippen molar-refractivity contribution in [1.82, 2.24) is 4.57 Å². The third-order valence-corrected chi connectivity index (χ3v) is 4.18. The minimum absolute atomic E-state index is 0.0631. The summed E-state index contributed by atoms with van der Waals surface area (Å²) in [5, 5.41) is 19.8. The molecule has 0 unspecified atom stereocenters. The first-order chi connectivity index (χ1) is 10.6. The van der Waals surface area contributed by atoms with E-state index in [0.717, 1.165) is 23.9 Å². The van der Waals surface area contributed by atoms with Crippen molar-refractivity contribution in [3.05, 3.63) is 44.5 Å². The molecule has 1 aliphatic heterocycles. The minimum atomic E-state index is -0.881. The number of hydrogen-bond acceptors (Lipinski definition) is 5. The molecule has 7 heteroatoms. The van der Waals surface area contributed by atoms with Crippen molar-refractivity contribution in [3.8, 4) is 5.75 Å². The molecule has 22 heavy (non-hydrogen) atoms. The highest BCUT2D eigenvalue weighted by atomic mass is 16.5. The van der Waals surface area contributed by atoms with Crippen molar-refractivity contribution < 1.29 is 20.2 Å². The van der Waals surface area contributed by atoms with Gasteiger partial charge in [-0.05, 0) is 24.5 Å². The van der Waals surface area contributed by atoms with Gasteiger partial charge in [0.05, 0.1) is 5.52 Å². The second-order valence-corrected chi connectivity index (χ2v) is 5.36. The lowest BCUT2D eigenvalue weighted by molar-refractivity contribution is -0.826. The first-order valence-corrected chi connectivity index (χ1v) is 6.95. The summed E-state index contributed by atoms with van der Waals surface area (Å²) in [5.74, 6) is -0.541. The molecule has 1 aliphatic rings. The SMILES string of the molecule is O=c1oc2c(c(O)c1[NH2+]O)c(=O)n1c3c(cccc23)CCC1. The first kappa shape index (κ1) is 13.1. The van der Waals surface area contributed by atoms with E-state index < -0.39 is 22.6 Å². The van der Waals surface area contributed by atoms with Gasteiger partial charge in [0.15, 0.2) is 5.58 Å². The topological polar surface area (TPSA) is 109 Å². The normalized spacial score (nSPS) is 13.9. The predicted molar refractivity (Wildman–Crippen MR) is 77.6 cm³/mol. The van der Waals surface area contributed by atoms with Crippen LogP contribution in [0.5, 0.6) is 5.75 Å². The fourth-order valence-electron chi connectivity index (χ4n) is 3.21. The van der Waals surface area contributed by atoms with Gasteiger partial charge in [-0.3, -0.25) is 4.79 Å². The van der Waals surface area contributed by atoms with Gasteiger partial charge in [-0.1, -0.05) is 12.1 Å². The summed E-state index contributed by atoms with van der Waals surface area (Å²) in [6, 6.07) is 5.53. The summed E-state index contributed by atoms with van der Waals surface area (Å²) in [4.78, 5) is 24.6. The number of aromatic nitrogens is 1. The van der Waals surface area contributed by atoms with E-state index in [-0.39, 0.29) is 11.0 Å². The largest absolute Gasteiger partial charge is 0.502 e. The zero-order valence-electron chi connectivity index (χ0n) is 11.5. The van der Waals surface area contributed by atoms with Crippen LogP contribution in [0, 0.1) is 0 Å². The average Bonchev–Trinajstić information content (AvgIpc) is 2.52. The summed E-state index contributed by atoms with van der Waals surface area (Å²) < 4.78 is 6.81. The fraction of sp³-hybridized carbons (Fsp3) is 0.200. The van der Waals surface area contributed by atoms with Crippen LogP contribution in [-0.2, 0) is 13.0 Å². The lowest BCUT2D eigenvalue weighted by Crippen LogP contribution is -2.75. The van der Waals surface area contributed by atoms with Crippen LogP contribution in [-0.4, -0.2) is 14.9 Å². The number of hydrogen-bond donors (Lipinski definition) is 3. The Bertz CT molecular complexity index is 1050. The predicted octanol–water partition coefficient (Wildman–Crippen LogP) is 0.344. The molecule has 0 aliphatic carbocycles. The summed E-state index contributed by atoms with van der Waals surface area (Å²) in [6.45, 7) is 0.541. The number of aryl methyl sites for hydroxylation is 2. The summed E-state index contributed by atoms with van der Waals surface area (Å²) >= 11 is 0. The number of nitrogens with two attached hydrogens (primary N) is 1. The molecule has 0 amide bonds. The molecule has 3 heterocycles. The van der Waals surface area contributed by atoms with Gasteiger partial charge in [0.1, 0.15) is 5.39 Å². The van der Waals surface area contributed by atoms with Gasteiger partial charge in [0, 0.05) is 11.9 Å². The van der Waals surface area contributed by atoms with Crippen LogP contribution < -0.4 is 16.7 Å². The summed E-state index contributed by atoms with van der Waals surface area (Å²) in [7, 11) is 0. The second-order valence-electron chi connectivity index (χ2n) is 5.36. The molecule has 2 aromatic heterocycles. The van der Waals surface area contributed by atoms with E-state index in [4.69, 9.17) is 9.62 Å². The molecule has 112 valence electrons. The van der Waals surface area contributed by atoms with E-state index >= 15 is 0 Å². The second kappa shape index (κ2) is 4.43. The number of pyridine rings is 1. The average molecular weight is 301 g/mol. The molecule has 0 saturated heterocycles. The van der Waals surface area contributed by atoms with Gasteiger partial charge < -0.3 is 14.1 Å². The highest BCUT2D eigenvalue weighted by Gasteiger charge is 2.25. The molecule has 0 radical (unpaired) electrons. The molecule has 4 rings (SSSR count). The van der Waals surface area contributed by atoms with Gasteiger partial charge in [-0.25, -0.2) is 10.0 Å². The van der Waals surface area contributed by atoms with E-state index in [1.165, 1.54) is 0 Å². The maximum atomic E-state index is 12.7. The molecule has 4 N–H and O–H groups in total. The lowest BCUT2D eigenvalue weighted by atomic mass is 10.00. The Morgan fingerprint density at radius 1 is 1.27 bits per heavy atom. The standard InChI is InChI=1S/C15H12N2O5/c18-12-9-13(22-15(20)10(12)16-21)8-5-1-3-7-4-2-6-17(11(7)8)14(9)19/h1,3,5,16,18,21H,2,4,6H2/p+1. The number of benzene rings is 1. The zero-order chi connectivity index (χ0) is 15.4. The van der Waals surface area contributed by atoms with E-state index in [1.807, 2.05) is 12.1 Å². The summed E-state index contributed by atoms with van der Waals surface area (Å²) in [6.07, 6.45) is 1.68. The highest BCUT2D eigenvalue weighted by molar-refractivity contribution is 6.05. The molecule has 0 fully saturated rings. The Kier molecular flexibility index (Phi) is 2.63. The highest BCUT2D eigenvalue weighted by Crippen LogP contribution is 2.32. The van der Waals surface area contributed by atoms with Crippen molar-refractivity contribution in [2.45, 2.75) is 19.4 Å². The first-order valence-electron chi connectivity index (χ1n) is 6.95. The van der Waals surface area contributed by atoms with Crippen molar-refractivity contribution in [3.63, 3.8) is 0 Å². The number of para-hydroxylation sites is 1. The number of quaternary nitrogens is 1. The molecule has 0 saturated carbocycles. The maximum Gasteiger partial charge on any atom is 0.405 e. The number of nitrogens with zero attached hydrogens (tertiary/aromatic N) is 1. The van der Waals surface area contributed by atoms with Crippen LogP contribution in [0.3, 0.4) is 0 Å². The third kappa shape index (κ3) is 1.52. The third-order valence-electron chi connectivity index (χ3n) is 4.18. The molecule has 0 spiro atoms. The molecule has 0 atom stereocenters. The van der Waals surface area contributed by atoms with E-state index in [1.54, 1.807) is 10.6 Å². The van der Waals surface area contributed by atoms with Gasteiger partial charge >= 0.3 is 5.63 Å². The number of fused-ring (bicyclic) bond motifs is 2. The van der Waals surface area contributed by atoms with Crippen LogP contribution in [0.1, 0.15) is 12.0 Å². The number of aromatic hydroxyl groups is 1. The molecule has 3 aromatic rings. The molecule has 1 aromatic carbocycles. The Morgan fingerprint density at radius 3 is 2.86 bits per heavy atom. The molecule has 7 nitrogen and oxygen atoms in total.